The molecule has 2 amide bonds. The van der Waals surface area contributed by atoms with Crippen molar-refractivity contribution in [1.82, 2.24) is 0 Å². The van der Waals surface area contributed by atoms with Crippen LogP contribution >= 0.6 is 0 Å². The summed E-state index contributed by atoms with van der Waals surface area (Å²) in [6, 6.07) is 15.3. The molecule has 4 rings (SSSR count). The van der Waals surface area contributed by atoms with Crippen LogP contribution in [0.3, 0.4) is 0 Å². The van der Waals surface area contributed by atoms with Crippen molar-refractivity contribution >= 4 is 23.2 Å². The Balaban J connectivity index is 1.39. The first-order valence-corrected chi connectivity index (χ1v) is 11.0. The van der Waals surface area contributed by atoms with E-state index in [-0.39, 0.29) is 47.0 Å². The monoisotopic (exact) mass is 420 g/mol. The first-order chi connectivity index (χ1) is 14.6. The van der Waals surface area contributed by atoms with Crippen molar-refractivity contribution < 1.29 is 14.7 Å². The highest BCUT2D eigenvalue weighted by molar-refractivity contribution is 5.95. The molecule has 2 unspecified atom stereocenters. The van der Waals surface area contributed by atoms with Crippen LogP contribution in [0.5, 0.6) is 0 Å². The highest BCUT2D eigenvalue weighted by Gasteiger charge is 2.51. The predicted octanol–water partition coefficient (Wildman–Crippen LogP) is 4.78. The van der Waals surface area contributed by atoms with Gasteiger partial charge >= 0.3 is 0 Å². The second kappa shape index (κ2) is 7.79. The van der Waals surface area contributed by atoms with Crippen molar-refractivity contribution in [2.24, 2.45) is 22.7 Å². The lowest BCUT2D eigenvalue weighted by Gasteiger charge is -2.17. The van der Waals surface area contributed by atoms with Crippen LogP contribution in [0.2, 0.25) is 0 Å². The highest BCUT2D eigenvalue weighted by Crippen LogP contribution is 2.52. The summed E-state index contributed by atoms with van der Waals surface area (Å²) in [6.07, 6.45) is 1.86. The third-order valence-corrected chi connectivity index (χ3v) is 7.00. The minimum atomic E-state index is -0.167. The second-order valence-corrected chi connectivity index (χ2v) is 10.4. The van der Waals surface area contributed by atoms with Gasteiger partial charge in [0.05, 0.1) is 6.61 Å². The van der Waals surface area contributed by atoms with Gasteiger partial charge in [0, 0.05) is 29.1 Å². The predicted molar refractivity (Wildman–Crippen MR) is 123 cm³/mol. The van der Waals surface area contributed by atoms with E-state index in [0.717, 1.165) is 35.3 Å². The summed E-state index contributed by atoms with van der Waals surface area (Å²) in [6.45, 7) is 8.40. The number of rotatable bonds is 7. The molecule has 2 fully saturated rings. The highest BCUT2D eigenvalue weighted by atomic mass is 16.3. The Kier molecular flexibility index (Phi) is 5.42. The fourth-order valence-electron chi connectivity index (χ4n) is 4.29. The molecular formula is C26H32N2O3. The summed E-state index contributed by atoms with van der Waals surface area (Å²) in [5.74, 6) is 0.149. The Labute approximate surface area is 184 Å². The molecule has 2 aliphatic rings. The lowest BCUT2D eigenvalue weighted by Crippen LogP contribution is -2.17. The summed E-state index contributed by atoms with van der Waals surface area (Å²) >= 11 is 0. The summed E-state index contributed by atoms with van der Waals surface area (Å²) in [7, 11) is 0. The standard InChI is InChI=1S/C26H32N2O3/c1-25(2)13-21(25)23(30)27-18-9-5-16(6-10-18)20(15-29)17-7-11-19(12-8-17)28-24(31)22-14-26(22,3)4/h5-12,20-22,29H,13-15H2,1-4H3,(H,27,30)(H,28,31). The maximum Gasteiger partial charge on any atom is 0.228 e. The van der Waals surface area contributed by atoms with Crippen LogP contribution in [0, 0.1) is 22.7 Å². The topological polar surface area (TPSA) is 78.4 Å². The largest absolute Gasteiger partial charge is 0.395 e. The van der Waals surface area contributed by atoms with Gasteiger partial charge in [-0.05, 0) is 59.1 Å². The number of aliphatic hydroxyl groups is 1. The molecule has 2 aliphatic carbocycles. The molecule has 5 nitrogen and oxygen atoms in total. The molecule has 0 bridgehead atoms. The SMILES string of the molecule is CC1(C)CC1C(=O)Nc1ccc(C(CO)c2ccc(NC(=O)C3CC3(C)C)cc2)cc1. The van der Waals surface area contributed by atoms with Gasteiger partial charge in [0.1, 0.15) is 0 Å². The number of anilines is 2. The van der Waals surface area contributed by atoms with Crippen LogP contribution in [-0.4, -0.2) is 23.5 Å². The molecule has 3 N–H and O–H groups in total. The molecule has 164 valence electrons. The van der Waals surface area contributed by atoms with Gasteiger partial charge in [0.25, 0.3) is 0 Å². The normalized spacial score (nSPS) is 23.5. The molecule has 2 atom stereocenters. The van der Waals surface area contributed by atoms with Gasteiger partial charge in [0.15, 0.2) is 0 Å². The molecule has 5 heteroatoms. The molecule has 0 aliphatic heterocycles. The van der Waals surface area contributed by atoms with Gasteiger partial charge < -0.3 is 15.7 Å². The van der Waals surface area contributed by atoms with E-state index < -0.39 is 0 Å². The van der Waals surface area contributed by atoms with E-state index >= 15 is 0 Å². The Morgan fingerprint density at radius 2 is 1.13 bits per heavy atom. The Morgan fingerprint density at radius 1 is 0.806 bits per heavy atom. The molecule has 2 aromatic carbocycles. The van der Waals surface area contributed by atoms with Crippen LogP contribution < -0.4 is 10.6 Å². The van der Waals surface area contributed by atoms with Gasteiger partial charge in [-0.1, -0.05) is 52.0 Å². The van der Waals surface area contributed by atoms with E-state index in [9.17, 15) is 14.7 Å². The summed E-state index contributed by atoms with van der Waals surface area (Å²) in [5.41, 5.74) is 3.70. The molecule has 0 heterocycles. The van der Waals surface area contributed by atoms with Gasteiger partial charge in [-0.2, -0.15) is 0 Å². The van der Waals surface area contributed by atoms with E-state index in [2.05, 4.69) is 38.3 Å². The zero-order chi connectivity index (χ0) is 22.4. The number of aliphatic hydroxyl groups excluding tert-OH is 1. The van der Waals surface area contributed by atoms with Crippen LogP contribution in [0.15, 0.2) is 48.5 Å². The molecule has 0 saturated heterocycles. The first kappa shape index (κ1) is 21.6. The number of nitrogens with one attached hydrogen (secondary N) is 2. The lowest BCUT2D eigenvalue weighted by atomic mass is 9.92. The molecule has 0 spiro atoms. The smallest absolute Gasteiger partial charge is 0.228 e. The van der Waals surface area contributed by atoms with Crippen LogP contribution in [0.25, 0.3) is 0 Å². The van der Waals surface area contributed by atoms with Gasteiger partial charge in [-0.3, -0.25) is 9.59 Å². The third kappa shape index (κ3) is 4.67. The third-order valence-electron chi connectivity index (χ3n) is 7.00. The minimum Gasteiger partial charge on any atom is -0.395 e. The lowest BCUT2D eigenvalue weighted by molar-refractivity contribution is -0.118. The fraction of sp³-hybridized carbons (Fsp3) is 0.462. The van der Waals surface area contributed by atoms with Crippen molar-refractivity contribution in [2.45, 2.75) is 46.5 Å². The summed E-state index contributed by atoms with van der Waals surface area (Å²) in [5, 5.41) is 16.0. The zero-order valence-corrected chi connectivity index (χ0v) is 18.7. The summed E-state index contributed by atoms with van der Waals surface area (Å²) in [4.78, 5) is 24.6. The van der Waals surface area contributed by atoms with Crippen molar-refractivity contribution in [3.8, 4) is 0 Å². The molecule has 0 aromatic heterocycles. The quantitative estimate of drug-likeness (QED) is 0.603. The van der Waals surface area contributed by atoms with E-state index in [1.54, 1.807) is 0 Å². The van der Waals surface area contributed by atoms with Crippen LogP contribution in [-0.2, 0) is 9.59 Å². The average Bonchev–Trinajstić information content (AvgIpc) is 3.58. The summed E-state index contributed by atoms with van der Waals surface area (Å²) < 4.78 is 0. The Bertz CT molecular complexity index is 897. The van der Waals surface area contributed by atoms with Crippen molar-refractivity contribution in [3.63, 3.8) is 0 Å². The van der Waals surface area contributed by atoms with Crippen LogP contribution in [0.1, 0.15) is 57.6 Å². The molecule has 31 heavy (non-hydrogen) atoms. The fourth-order valence-corrected chi connectivity index (χ4v) is 4.29. The molecular weight excluding hydrogens is 388 g/mol. The van der Waals surface area contributed by atoms with Gasteiger partial charge in [0.2, 0.25) is 11.8 Å². The van der Waals surface area contributed by atoms with E-state index in [1.165, 1.54) is 0 Å². The number of amides is 2. The number of hydrogen-bond donors (Lipinski definition) is 3. The van der Waals surface area contributed by atoms with E-state index in [0.29, 0.717) is 0 Å². The maximum absolute atomic E-state index is 12.3. The van der Waals surface area contributed by atoms with Crippen LogP contribution in [0.4, 0.5) is 11.4 Å². The Hall–Kier alpha value is -2.66. The maximum atomic E-state index is 12.3. The van der Waals surface area contributed by atoms with Gasteiger partial charge in [-0.25, -0.2) is 0 Å². The number of hydrogen-bond acceptors (Lipinski definition) is 3. The Morgan fingerprint density at radius 3 is 1.39 bits per heavy atom. The van der Waals surface area contributed by atoms with E-state index in [1.807, 2.05) is 48.5 Å². The van der Waals surface area contributed by atoms with Crippen molar-refractivity contribution in [3.05, 3.63) is 59.7 Å². The van der Waals surface area contributed by atoms with Crippen molar-refractivity contribution in [1.29, 1.82) is 0 Å². The number of carbonyl (C=O) groups is 2. The number of benzene rings is 2. The van der Waals surface area contributed by atoms with Crippen molar-refractivity contribution in [2.75, 3.05) is 17.2 Å². The second-order valence-electron chi connectivity index (χ2n) is 10.4. The molecule has 2 aromatic rings. The van der Waals surface area contributed by atoms with Gasteiger partial charge in [-0.15, -0.1) is 0 Å². The first-order valence-electron chi connectivity index (χ1n) is 11.0. The zero-order valence-electron chi connectivity index (χ0n) is 18.7. The number of carbonyl (C=O) groups excluding carboxylic acids is 2. The minimum absolute atomic E-state index is 0.0239. The molecule has 0 radical (unpaired) electrons. The van der Waals surface area contributed by atoms with E-state index in [4.69, 9.17) is 0 Å². The molecule has 2 saturated carbocycles. The average molecular weight is 421 g/mol.